The van der Waals surface area contributed by atoms with Crippen molar-refractivity contribution in [2.24, 2.45) is 0 Å². The Balaban J connectivity index is 1.46. The van der Waals surface area contributed by atoms with Crippen LogP contribution >= 0.6 is 11.6 Å². The van der Waals surface area contributed by atoms with Crippen LogP contribution in [0.3, 0.4) is 0 Å². The minimum absolute atomic E-state index is 0.109. The number of fused-ring (bicyclic) bond motifs is 1. The Morgan fingerprint density at radius 3 is 2.63 bits per heavy atom. The summed E-state index contributed by atoms with van der Waals surface area (Å²) in [5, 5.41) is 3.96. The van der Waals surface area contributed by atoms with Crippen molar-refractivity contribution in [2.75, 3.05) is 11.4 Å². The number of ketones is 1. The van der Waals surface area contributed by atoms with E-state index in [9.17, 15) is 14.4 Å². The summed E-state index contributed by atoms with van der Waals surface area (Å²) in [5.41, 5.74) is 1.82. The number of Topliss-reactive ketones (excluding diaryl/α,β-unsaturated/α-hetero) is 1. The first kappa shape index (κ1) is 17.3. The Bertz CT molecular complexity index is 1040. The highest BCUT2D eigenvalue weighted by Crippen LogP contribution is 2.24. The fourth-order valence-electron chi connectivity index (χ4n) is 3.31. The summed E-state index contributed by atoms with van der Waals surface area (Å²) in [5.74, 6) is -1.44. The van der Waals surface area contributed by atoms with E-state index < -0.39 is 17.7 Å². The molecule has 0 unspecified atom stereocenters. The second-order valence-corrected chi connectivity index (χ2v) is 6.87. The van der Waals surface area contributed by atoms with Gasteiger partial charge >= 0.3 is 0 Å². The van der Waals surface area contributed by atoms with E-state index >= 15 is 0 Å². The largest absolute Gasteiger partial charge is 0.360 e. The third-order valence-corrected chi connectivity index (χ3v) is 4.89. The summed E-state index contributed by atoms with van der Waals surface area (Å²) in [6, 6.07) is 13.8. The van der Waals surface area contributed by atoms with Gasteiger partial charge in [0, 0.05) is 40.8 Å². The van der Waals surface area contributed by atoms with Crippen LogP contribution < -0.4 is 10.2 Å². The van der Waals surface area contributed by atoms with Crippen LogP contribution in [0.15, 0.2) is 54.7 Å². The summed E-state index contributed by atoms with van der Waals surface area (Å²) in [6.07, 6.45) is 1.68. The lowest BCUT2D eigenvalue weighted by atomic mass is 10.1. The number of hydrogen-bond donors (Lipinski definition) is 2. The van der Waals surface area contributed by atoms with E-state index in [-0.39, 0.29) is 12.3 Å². The lowest BCUT2D eigenvalue weighted by Crippen LogP contribution is -2.40. The van der Waals surface area contributed by atoms with E-state index in [1.165, 1.54) is 6.20 Å². The standard InChI is InChI=1S/C20H16ClN3O3/c21-12-5-7-14(8-6-12)24-11-13(9-18(24)25)23-20(27)19(26)16-10-22-17-4-2-1-3-15(16)17/h1-8,10,13,22H,9,11H2,(H,23,27)/t13-/m1/s1. The highest BCUT2D eigenvalue weighted by molar-refractivity contribution is 6.45. The van der Waals surface area contributed by atoms with Crippen LogP contribution in [0.25, 0.3) is 10.9 Å². The molecule has 2 amide bonds. The number of nitrogens with one attached hydrogen (secondary N) is 2. The van der Waals surface area contributed by atoms with Crippen molar-refractivity contribution in [3.8, 4) is 0 Å². The zero-order chi connectivity index (χ0) is 19.0. The Labute approximate surface area is 160 Å². The fourth-order valence-corrected chi connectivity index (χ4v) is 3.43. The number of nitrogens with zero attached hydrogens (tertiary/aromatic N) is 1. The summed E-state index contributed by atoms with van der Waals surface area (Å²) in [6.45, 7) is 0.313. The van der Waals surface area contributed by atoms with Crippen molar-refractivity contribution in [3.63, 3.8) is 0 Å². The molecule has 7 heteroatoms. The highest BCUT2D eigenvalue weighted by Gasteiger charge is 2.33. The van der Waals surface area contributed by atoms with Gasteiger partial charge in [0.05, 0.1) is 11.6 Å². The summed E-state index contributed by atoms with van der Waals surface area (Å²) in [4.78, 5) is 41.8. The average molecular weight is 382 g/mol. The number of halogens is 1. The van der Waals surface area contributed by atoms with E-state index in [0.29, 0.717) is 28.2 Å². The number of rotatable bonds is 4. The first-order chi connectivity index (χ1) is 13.0. The Morgan fingerprint density at radius 2 is 1.85 bits per heavy atom. The smallest absolute Gasteiger partial charge is 0.292 e. The molecule has 0 radical (unpaired) electrons. The van der Waals surface area contributed by atoms with Crippen molar-refractivity contribution in [1.29, 1.82) is 0 Å². The van der Waals surface area contributed by atoms with Gasteiger partial charge in [-0.3, -0.25) is 14.4 Å². The van der Waals surface area contributed by atoms with E-state index in [1.54, 1.807) is 35.2 Å². The van der Waals surface area contributed by atoms with Crippen LogP contribution in [-0.2, 0) is 9.59 Å². The molecule has 1 aliphatic rings. The van der Waals surface area contributed by atoms with Gasteiger partial charge in [0.15, 0.2) is 0 Å². The van der Waals surface area contributed by atoms with Crippen LogP contribution in [0.5, 0.6) is 0 Å². The first-order valence-electron chi connectivity index (χ1n) is 8.50. The molecular weight excluding hydrogens is 366 g/mol. The molecule has 3 aromatic rings. The summed E-state index contributed by atoms with van der Waals surface area (Å²) < 4.78 is 0. The quantitative estimate of drug-likeness (QED) is 0.538. The third-order valence-electron chi connectivity index (χ3n) is 4.64. The molecular formula is C20H16ClN3O3. The van der Waals surface area contributed by atoms with Crippen LogP contribution in [0.4, 0.5) is 5.69 Å². The van der Waals surface area contributed by atoms with Gasteiger partial charge in [0.25, 0.3) is 11.7 Å². The molecule has 1 saturated heterocycles. The molecule has 1 aliphatic heterocycles. The number of aromatic amines is 1. The molecule has 4 rings (SSSR count). The van der Waals surface area contributed by atoms with E-state index in [4.69, 9.17) is 11.6 Å². The summed E-state index contributed by atoms with van der Waals surface area (Å²) >= 11 is 5.88. The molecule has 2 N–H and O–H groups in total. The molecule has 1 aromatic heterocycles. The molecule has 1 atom stereocenters. The number of benzene rings is 2. The zero-order valence-corrected chi connectivity index (χ0v) is 15.0. The molecule has 0 bridgehead atoms. The molecule has 2 aromatic carbocycles. The molecule has 0 saturated carbocycles. The Hall–Kier alpha value is -3.12. The minimum atomic E-state index is -0.712. The second-order valence-electron chi connectivity index (χ2n) is 6.43. The van der Waals surface area contributed by atoms with Gasteiger partial charge in [-0.05, 0) is 30.3 Å². The predicted molar refractivity (Wildman–Crippen MR) is 103 cm³/mol. The maximum absolute atomic E-state index is 12.5. The Morgan fingerprint density at radius 1 is 1.11 bits per heavy atom. The van der Waals surface area contributed by atoms with Crippen LogP contribution in [-0.4, -0.2) is 35.2 Å². The highest BCUT2D eigenvalue weighted by atomic mass is 35.5. The lowest BCUT2D eigenvalue weighted by molar-refractivity contribution is -0.118. The van der Waals surface area contributed by atoms with Gasteiger partial charge < -0.3 is 15.2 Å². The zero-order valence-electron chi connectivity index (χ0n) is 14.2. The molecule has 2 heterocycles. The number of H-pyrrole nitrogens is 1. The number of amides is 2. The van der Waals surface area contributed by atoms with Gasteiger partial charge in [0.2, 0.25) is 5.91 Å². The first-order valence-corrected chi connectivity index (χ1v) is 8.88. The van der Waals surface area contributed by atoms with Crippen molar-refractivity contribution in [3.05, 3.63) is 65.3 Å². The van der Waals surface area contributed by atoms with Crippen molar-refractivity contribution < 1.29 is 14.4 Å². The summed E-state index contributed by atoms with van der Waals surface area (Å²) in [7, 11) is 0. The van der Waals surface area contributed by atoms with Gasteiger partial charge in [0.1, 0.15) is 0 Å². The number of anilines is 1. The van der Waals surface area contributed by atoms with E-state index in [2.05, 4.69) is 10.3 Å². The van der Waals surface area contributed by atoms with E-state index in [1.807, 2.05) is 18.2 Å². The number of carbonyl (C=O) groups is 3. The van der Waals surface area contributed by atoms with Crippen molar-refractivity contribution >= 4 is 45.8 Å². The Kier molecular flexibility index (Phi) is 4.41. The average Bonchev–Trinajstić information content (AvgIpc) is 3.25. The van der Waals surface area contributed by atoms with Gasteiger partial charge in [-0.15, -0.1) is 0 Å². The number of carbonyl (C=O) groups excluding carboxylic acids is 3. The van der Waals surface area contributed by atoms with Crippen molar-refractivity contribution in [2.45, 2.75) is 12.5 Å². The predicted octanol–water partition coefficient (Wildman–Crippen LogP) is 2.93. The van der Waals surface area contributed by atoms with Gasteiger partial charge in [-0.1, -0.05) is 29.8 Å². The van der Waals surface area contributed by atoms with Gasteiger partial charge in [-0.2, -0.15) is 0 Å². The maximum Gasteiger partial charge on any atom is 0.292 e. The number of hydrogen-bond acceptors (Lipinski definition) is 3. The topological polar surface area (TPSA) is 82.3 Å². The van der Waals surface area contributed by atoms with Crippen molar-refractivity contribution in [1.82, 2.24) is 10.3 Å². The van der Waals surface area contributed by atoms with Crippen LogP contribution in [0.2, 0.25) is 5.02 Å². The SMILES string of the molecule is O=C(N[C@@H]1CC(=O)N(c2ccc(Cl)cc2)C1)C(=O)c1c[nH]c2ccccc12. The normalized spacial score (nSPS) is 16.7. The van der Waals surface area contributed by atoms with Crippen LogP contribution in [0, 0.1) is 0 Å². The fraction of sp³-hybridized carbons (Fsp3) is 0.150. The molecule has 136 valence electrons. The number of para-hydroxylation sites is 1. The molecule has 0 spiro atoms. The van der Waals surface area contributed by atoms with Gasteiger partial charge in [-0.25, -0.2) is 0 Å². The number of aromatic nitrogens is 1. The second kappa shape index (κ2) is 6.89. The molecule has 27 heavy (non-hydrogen) atoms. The molecule has 6 nitrogen and oxygen atoms in total. The molecule has 0 aliphatic carbocycles. The minimum Gasteiger partial charge on any atom is -0.360 e. The van der Waals surface area contributed by atoms with E-state index in [0.717, 1.165) is 5.52 Å². The lowest BCUT2D eigenvalue weighted by Gasteiger charge is -2.17. The maximum atomic E-state index is 12.5. The third kappa shape index (κ3) is 3.31. The monoisotopic (exact) mass is 381 g/mol. The van der Waals surface area contributed by atoms with Crippen LogP contribution in [0.1, 0.15) is 16.8 Å². The molecule has 1 fully saturated rings.